The van der Waals surface area contributed by atoms with E-state index in [0.717, 1.165) is 31.5 Å². The lowest BCUT2D eigenvalue weighted by Gasteiger charge is -2.20. The van der Waals surface area contributed by atoms with Crippen molar-refractivity contribution in [3.8, 4) is 0 Å². The van der Waals surface area contributed by atoms with E-state index < -0.39 is 27.8 Å². The molecule has 0 aliphatic carbocycles. The number of carbonyl (C=O) groups is 1. The van der Waals surface area contributed by atoms with Crippen LogP contribution in [-0.4, -0.2) is 45.5 Å². The fourth-order valence-corrected chi connectivity index (χ4v) is 5.18. The number of rotatable bonds is 9. The number of benzene rings is 2. The van der Waals surface area contributed by atoms with Gasteiger partial charge < -0.3 is 10.2 Å². The van der Waals surface area contributed by atoms with Crippen molar-refractivity contribution < 1.29 is 17.6 Å². The highest BCUT2D eigenvalue weighted by Crippen LogP contribution is 2.26. The zero-order chi connectivity index (χ0) is 22.4. The first kappa shape index (κ1) is 23.6. The van der Waals surface area contributed by atoms with Crippen LogP contribution in [0.1, 0.15) is 24.8 Å². The lowest BCUT2D eigenvalue weighted by atomic mass is 10.2. The van der Waals surface area contributed by atoms with Gasteiger partial charge in [-0.3, -0.25) is 4.79 Å². The average Bonchev–Trinajstić information content (AvgIpc) is 3.26. The molecule has 6 nitrogen and oxygen atoms in total. The summed E-state index contributed by atoms with van der Waals surface area (Å²) in [7, 11) is -3.87. The van der Waals surface area contributed by atoms with E-state index in [-0.39, 0.29) is 4.90 Å². The minimum Gasteiger partial charge on any atom is -0.369 e. The number of thioether (sulfide) groups is 1. The molecule has 1 unspecified atom stereocenters. The van der Waals surface area contributed by atoms with Crippen LogP contribution >= 0.6 is 11.8 Å². The number of nitrogens with one attached hydrogen (secondary N) is 2. The minimum absolute atomic E-state index is 0.0982. The fourth-order valence-electron chi connectivity index (χ4n) is 3.48. The van der Waals surface area contributed by atoms with Crippen molar-refractivity contribution in [3.05, 3.63) is 53.8 Å². The maximum atomic E-state index is 14.6. The third-order valence-corrected chi connectivity index (χ3v) is 7.35. The van der Waals surface area contributed by atoms with Crippen LogP contribution in [0, 0.1) is 12.7 Å². The molecule has 2 aromatic carbocycles. The van der Waals surface area contributed by atoms with Crippen LogP contribution in [0.25, 0.3) is 0 Å². The third kappa shape index (κ3) is 6.21. The number of halogens is 1. The largest absolute Gasteiger partial charge is 0.369 e. The van der Waals surface area contributed by atoms with E-state index in [1.807, 2.05) is 18.1 Å². The highest BCUT2D eigenvalue weighted by atomic mass is 32.2. The van der Waals surface area contributed by atoms with Crippen molar-refractivity contribution in [2.45, 2.75) is 37.1 Å². The molecule has 1 aliphatic heterocycles. The molecule has 31 heavy (non-hydrogen) atoms. The Morgan fingerprint density at radius 3 is 2.45 bits per heavy atom. The van der Waals surface area contributed by atoms with E-state index in [2.05, 4.69) is 10.0 Å². The van der Waals surface area contributed by atoms with Crippen LogP contribution in [-0.2, 0) is 14.8 Å². The molecule has 9 heteroatoms. The Morgan fingerprint density at radius 1 is 1.16 bits per heavy atom. The first-order chi connectivity index (χ1) is 14.8. The van der Waals surface area contributed by atoms with Gasteiger partial charge in [0.2, 0.25) is 15.9 Å². The van der Waals surface area contributed by atoms with Gasteiger partial charge >= 0.3 is 0 Å². The van der Waals surface area contributed by atoms with Crippen LogP contribution in [0.5, 0.6) is 0 Å². The summed E-state index contributed by atoms with van der Waals surface area (Å²) in [5.41, 5.74) is 1.76. The van der Waals surface area contributed by atoms with Crippen molar-refractivity contribution in [2.75, 3.05) is 35.3 Å². The van der Waals surface area contributed by atoms with Gasteiger partial charge in [-0.2, -0.15) is 16.5 Å². The maximum absolute atomic E-state index is 14.6. The highest BCUT2D eigenvalue weighted by Gasteiger charge is 2.26. The van der Waals surface area contributed by atoms with E-state index >= 15 is 0 Å². The van der Waals surface area contributed by atoms with Gasteiger partial charge in [0, 0.05) is 18.8 Å². The summed E-state index contributed by atoms with van der Waals surface area (Å²) in [6.45, 7) is 3.51. The van der Waals surface area contributed by atoms with E-state index in [4.69, 9.17) is 0 Å². The maximum Gasteiger partial charge on any atom is 0.242 e. The number of hydrogen-bond acceptors (Lipinski definition) is 5. The van der Waals surface area contributed by atoms with Crippen molar-refractivity contribution in [1.29, 1.82) is 0 Å². The Hall–Kier alpha value is -2.10. The summed E-state index contributed by atoms with van der Waals surface area (Å²) in [5, 5.41) is 2.66. The van der Waals surface area contributed by atoms with Gasteiger partial charge in [0.25, 0.3) is 0 Å². The lowest BCUT2D eigenvalue weighted by molar-refractivity contribution is -0.117. The summed E-state index contributed by atoms with van der Waals surface area (Å²) < 4.78 is 42.6. The average molecular weight is 466 g/mol. The van der Waals surface area contributed by atoms with Gasteiger partial charge in [-0.05, 0) is 68.5 Å². The van der Waals surface area contributed by atoms with E-state index in [1.165, 1.54) is 30.0 Å². The standard InChI is InChI=1S/C22H28FN3O3S2/c1-16-5-8-18(9-6-16)31(28,29)25-20(11-14-30-2)22(27)24-17-7-10-21(19(23)15-17)26-12-3-4-13-26/h5-10,15,20,25H,3-4,11-14H2,1-2H3,(H,24,27). The summed E-state index contributed by atoms with van der Waals surface area (Å²) in [6.07, 6.45) is 4.27. The molecule has 1 fully saturated rings. The van der Waals surface area contributed by atoms with Gasteiger partial charge in [0.05, 0.1) is 10.6 Å². The molecular formula is C22H28FN3O3S2. The quantitative estimate of drug-likeness (QED) is 0.589. The minimum atomic E-state index is -3.87. The van der Waals surface area contributed by atoms with E-state index in [9.17, 15) is 17.6 Å². The number of aryl methyl sites for hydroxylation is 1. The molecule has 1 amide bonds. The molecule has 0 bridgehead atoms. The number of sulfonamides is 1. The number of anilines is 2. The number of amides is 1. The molecule has 3 rings (SSSR count). The second-order valence-corrected chi connectivity index (χ2v) is 10.3. The fraction of sp³-hybridized carbons (Fsp3) is 0.409. The van der Waals surface area contributed by atoms with E-state index in [0.29, 0.717) is 23.5 Å². The molecule has 1 aliphatic rings. The Bertz CT molecular complexity index is 1010. The smallest absolute Gasteiger partial charge is 0.242 e. The Kier molecular flexibility index (Phi) is 7.96. The molecule has 0 spiro atoms. The topological polar surface area (TPSA) is 78.5 Å². The predicted octanol–water partition coefficient (Wildman–Crippen LogP) is 3.77. The summed E-state index contributed by atoms with van der Waals surface area (Å²) >= 11 is 1.52. The van der Waals surface area contributed by atoms with Crippen LogP contribution in [0.3, 0.4) is 0 Å². The van der Waals surface area contributed by atoms with Gasteiger partial charge in [0.15, 0.2) is 0 Å². The molecule has 1 atom stereocenters. The first-order valence-corrected chi connectivity index (χ1v) is 13.1. The summed E-state index contributed by atoms with van der Waals surface area (Å²) in [5.74, 6) is -0.324. The van der Waals surface area contributed by atoms with Crippen molar-refractivity contribution >= 4 is 39.1 Å². The van der Waals surface area contributed by atoms with E-state index in [1.54, 1.807) is 24.3 Å². The molecule has 1 heterocycles. The monoisotopic (exact) mass is 465 g/mol. The molecule has 0 radical (unpaired) electrons. The zero-order valence-electron chi connectivity index (χ0n) is 17.7. The molecule has 168 valence electrons. The Balaban J connectivity index is 1.73. The van der Waals surface area contributed by atoms with Gasteiger partial charge in [-0.25, -0.2) is 12.8 Å². The van der Waals surface area contributed by atoms with Crippen LogP contribution in [0.4, 0.5) is 15.8 Å². The van der Waals surface area contributed by atoms with Gasteiger partial charge in [-0.1, -0.05) is 17.7 Å². The first-order valence-electron chi connectivity index (χ1n) is 10.2. The molecular weight excluding hydrogens is 437 g/mol. The predicted molar refractivity (Wildman–Crippen MR) is 125 cm³/mol. The Labute approximate surface area is 187 Å². The third-order valence-electron chi connectivity index (χ3n) is 5.22. The number of nitrogens with zero attached hydrogens (tertiary/aromatic N) is 1. The van der Waals surface area contributed by atoms with Crippen molar-refractivity contribution in [2.24, 2.45) is 0 Å². The number of carbonyl (C=O) groups excluding carboxylic acids is 1. The highest BCUT2D eigenvalue weighted by molar-refractivity contribution is 7.98. The second kappa shape index (κ2) is 10.5. The number of hydrogen-bond donors (Lipinski definition) is 2. The summed E-state index contributed by atoms with van der Waals surface area (Å²) in [4.78, 5) is 14.9. The van der Waals surface area contributed by atoms with Crippen molar-refractivity contribution in [1.82, 2.24) is 4.72 Å². The Morgan fingerprint density at radius 2 is 1.84 bits per heavy atom. The lowest BCUT2D eigenvalue weighted by Crippen LogP contribution is -2.44. The molecule has 2 aromatic rings. The molecule has 2 N–H and O–H groups in total. The van der Waals surface area contributed by atoms with Crippen molar-refractivity contribution in [3.63, 3.8) is 0 Å². The molecule has 0 saturated carbocycles. The molecule has 1 saturated heterocycles. The molecule has 0 aromatic heterocycles. The van der Waals surface area contributed by atoms with Crippen LogP contribution in [0.15, 0.2) is 47.4 Å². The second-order valence-electron chi connectivity index (χ2n) is 7.62. The summed E-state index contributed by atoms with van der Waals surface area (Å²) in [6, 6.07) is 10.0. The van der Waals surface area contributed by atoms with Crippen LogP contribution < -0.4 is 14.9 Å². The SMILES string of the molecule is CSCCC(NS(=O)(=O)c1ccc(C)cc1)C(=O)Nc1ccc(N2CCCC2)c(F)c1. The normalized spacial score (nSPS) is 15.1. The van der Waals surface area contributed by atoms with Gasteiger partial charge in [0.1, 0.15) is 11.9 Å². The van der Waals surface area contributed by atoms with Gasteiger partial charge in [-0.15, -0.1) is 0 Å². The zero-order valence-corrected chi connectivity index (χ0v) is 19.4. The van der Waals surface area contributed by atoms with Crippen LogP contribution in [0.2, 0.25) is 0 Å².